The summed E-state index contributed by atoms with van der Waals surface area (Å²) in [5, 5.41) is 4.73. The molecule has 3 aliphatic rings. The summed E-state index contributed by atoms with van der Waals surface area (Å²) in [6, 6.07) is 24.7. The summed E-state index contributed by atoms with van der Waals surface area (Å²) in [7, 11) is 2.33. The lowest BCUT2D eigenvalue weighted by Gasteiger charge is -2.51. The third kappa shape index (κ3) is 6.63. The predicted molar refractivity (Wildman–Crippen MR) is 225 cm³/mol. The van der Waals surface area contributed by atoms with E-state index in [1.54, 1.807) is 5.57 Å². The first-order valence-corrected chi connectivity index (χ1v) is 19.5. The van der Waals surface area contributed by atoms with E-state index in [-0.39, 0.29) is 21.7 Å². The minimum absolute atomic E-state index is 0.120. The van der Waals surface area contributed by atoms with Crippen molar-refractivity contribution in [2.24, 2.45) is 16.7 Å². The molecule has 1 unspecified atom stereocenters. The van der Waals surface area contributed by atoms with E-state index in [2.05, 4.69) is 159 Å². The van der Waals surface area contributed by atoms with Crippen molar-refractivity contribution in [1.82, 2.24) is 0 Å². The van der Waals surface area contributed by atoms with Crippen LogP contribution in [0, 0.1) is 16.7 Å². The Hall–Kier alpha value is -4.18. The number of fused-ring (bicyclic) bond motifs is 3. The van der Waals surface area contributed by atoms with E-state index in [1.165, 1.54) is 64.6 Å². The molecule has 269 valence electrons. The van der Waals surface area contributed by atoms with Gasteiger partial charge < -0.3 is 14.6 Å². The Kier molecular flexibility index (Phi) is 9.29. The standard InChI is InChI=1S/C48H58BN2O/c1-11-16-32-17-13-14-20-41(32)51(35-19-15-18-34(28-35)50-25-12-2)42-30-38-37(46(5,6)22-23-47(38,7)8)29-40(42)49-44-27-33-26-36-39(31-43(33)52-44)48(9,10)24-21-45(36,3)4/h11-15,17-20,26-29,31,38,50H,1-2,16,21-25,30H2,3-10H3. The van der Waals surface area contributed by atoms with E-state index in [1.807, 2.05) is 12.2 Å². The van der Waals surface area contributed by atoms with Crippen molar-refractivity contribution in [2.45, 2.75) is 105 Å². The second-order valence-corrected chi connectivity index (χ2v) is 18.3. The van der Waals surface area contributed by atoms with Gasteiger partial charge in [0.2, 0.25) is 7.28 Å². The fourth-order valence-corrected chi connectivity index (χ4v) is 9.22. The van der Waals surface area contributed by atoms with Crippen molar-refractivity contribution in [3.8, 4) is 0 Å². The number of para-hydroxylation sites is 1. The Morgan fingerprint density at radius 1 is 0.808 bits per heavy atom. The van der Waals surface area contributed by atoms with Gasteiger partial charge in [0.05, 0.1) is 5.66 Å². The molecule has 1 radical (unpaired) electrons. The molecule has 7 rings (SSSR count). The van der Waals surface area contributed by atoms with Gasteiger partial charge in [0.15, 0.2) is 0 Å². The maximum Gasteiger partial charge on any atom is 0.243 e. The molecule has 3 aliphatic carbocycles. The quantitative estimate of drug-likeness (QED) is 0.133. The van der Waals surface area contributed by atoms with Gasteiger partial charge in [-0.1, -0.05) is 109 Å². The number of hydrogen-bond donors (Lipinski definition) is 1. The van der Waals surface area contributed by atoms with E-state index < -0.39 is 0 Å². The third-order valence-corrected chi connectivity index (χ3v) is 12.8. The van der Waals surface area contributed by atoms with E-state index in [0.29, 0.717) is 12.5 Å². The van der Waals surface area contributed by atoms with Crippen LogP contribution in [0.4, 0.5) is 17.1 Å². The SMILES string of the molecule is C=CCNc1cccc(N(C2=C([B]c3cc4cc5c(cc4o3)C(C)(C)CCC5(C)C)C=C3C(C2)C(C)(C)CCC3(C)C)c2ccccc2CC=C)c1. The van der Waals surface area contributed by atoms with Crippen molar-refractivity contribution >= 4 is 41.0 Å². The van der Waals surface area contributed by atoms with Gasteiger partial charge in [0.25, 0.3) is 0 Å². The third-order valence-electron chi connectivity index (χ3n) is 12.8. The van der Waals surface area contributed by atoms with Gasteiger partial charge in [-0.2, -0.15) is 0 Å². The molecule has 4 aromatic rings. The molecule has 0 spiro atoms. The van der Waals surface area contributed by atoms with Crippen molar-refractivity contribution < 1.29 is 4.42 Å². The summed E-state index contributed by atoms with van der Waals surface area (Å²) in [5.74, 6) is 0.423. The molecule has 52 heavy (non-hydrogen) atoms. The first-order chi connectivity index (χ1) is 24.6. The molecule has 1 heterocycles. The Balaban J connectivity index is 1.44. The van der Waals surface area contributed by atoms with E-state index in [9.17, 15) is 0 Å². The summed E-state index contributed by atoms with van der Waals surface area (Å²) in [5.41, 5.74) is 14.1. The van der Waals surface area contributed by atoms with Crippen molar-refractivity contribution in [3.63, 3.8) is 0 Å². The molecule has 4 heteroatoms. The van der Waals surface area contributed by atoms with Gasteiger partial charge in [-0.15, -0.1) is 13.2 Å². The Morgan fingerprint density at radius 3 is 2.25 bits per heavy atom. The lowest BCUT2D eigenvalue weighted by atomic mass is 9.52. The summed E-state index contributed by atoms with van der Waals surface area (Å²) in [6.45, 7) is 28.2. The van der Waals surface area contributed by atoms with Gasteiger partial charge in [-0.05, 0) is 125 Å². The predicted octanol–water partition coefficient (Wildman–Crippen LogP) is 12.3. The van der Waals surface area contributed by atoms with Crippen LogP contribution in [0.5, 0.6) is 0 Å². The molecule has 0 amide bonds. The van der Waals surface area contributed by atoms with Crippen LogP contribution in [0.25, 0.3) is 11.0 Å². The number of anilines is 3. The monoisotopic (exact) mass is 689 g/mol. The van der Waals surface area contributed by atoms with Crippen molar-refractivity contribution in [3.05, 3.63) is 132 Å². The molecular weight excluding hydrogens is 631 g/mol. The average Bonchev–Trinajstić information content (AvgIpc) is 3.50. The topological polar surface area (TPSA) is 28.4 Å². The number of benzene rings is 3. The van der Waals surface area contributed by atoms with Crippen LogP contribution in [0.1, 0.15) is 104 Å². The summed E-state index contributed by atoms with van der Waals surface area (Å²) in [6.07, 6.45) is 13.0. The van der Waals surface area contributed by atoms with E-state index >= 15 is 0 Å². The molecule has 1 N–H and O–H groups in total. The highest BCUT2D eigenvalue weighted by molar-refractivity contribution is 6.61. The van der Waals surface area contributed by atoms with E-state index in [0.717, 1.165) is 35.5 Å². The maximum absolute atomic E-state index is 6.82. The second kappa shape index (κ2) is 13.3. The zero-order chi connectivity index (χ0) is 37.1. The smallest absolute Gasteiger partial charge is 0.243 e. The van der Waals surface area contributed by atoms with Gasteiger partial charge in [0, 0.05) is 34.7 Å². The van der Waals surface area contributed by atoms with Gasteiger partial charge in [-0.25, -0.2) is 0 Å². The number of allylic oxidation sites excluding steroid dienone is 5. The Morgan fingerprint density at radius 2 is 1.52 bits per heavy atom. The fourth-order valence-electron chi connectivity index (χ4n) is 9.22. The largest absolute Gasteiger partial charge is 0.472 e. The first-order valence-electron chi connectivity index (χ1n) is 19.5. The molecular formula is C48H58BN2O. The van der Waals surface area contributed by atoms with Gasteiger partial charge >= 0.3 is 0 Å². The Bertz CT molecular complexity index is 2030. The highest BCUT2D eigenvalue weighted by atomic mass is 16.3. The summed E-state index contributed by atoms with van der Waals surface area (Å²) < 4.78 is 6.82. The molecule has 1 aromatic heterocycles. The van der Waals surface area contributed by atoms with E-state index in [4.69, 9.17) is 4.42 Å². The van der Waals surface area contributed by atoms with Crippen molar-refractivity contribution in [1.29, 1.82) is 0 Å². The molecule has 3 aromatic carbocycles. The zero-order valence-electron chi connectivity index (χ0n) is 33.0. The zero-order valence-corrected chi connectivity index (χ0v) is 33.0. The second-order valence-electron chi connectivity index (χ2n) is 18.3. The molecule has 1 fully saturated rings. The maximum atomic E-state index is 6.82. The fraction of sp³-hybridized carbons (Fsp3) is 0.417. The van der Waals surface area contributed by atoms with Crippen LogP contribution in [0.2, 0.25) is 0 Å². The van der Waals surface area contributed by atoms with Crippen LogP contribution in [-0.2, 0) is 17.3 Å². The van der Waals surface area contributed by atoms with Gasteiger partial charge in [-0.3, -0.25) is 0 Å². The van der Waals surface area contributed by atoms with Gasteiger partial charge in [0.1, 0.15) is 5.58 Å². The minimum atomic E-state index is 0.120. The molecule has 1 saturated carbocycles. The van der Waals surface area contributed by atoms with Crippen molar-refractivity contribution in [2.75, 3.05) is 16.8 Å². The number of nitrogens with one attached hydrogen (secondary N) is 1. The lowest BCUT2D eigenvalue weighted by molar-refractivity contribution is 0.121. The number of furan rings is 1. The average molecular weight is 690 g/mol. The number of hydrogen-bond acceptors (Lipinski definition) is 3. The van der Waals surface area contributed by atoms with Crippen LogP contribution in [0.3, 0.4) is 0 Å². The molecule has 1 atom stereocenters. The molecule has 0 saturated heterocycles. The van der Waals surface area contributed by atoms with Crippen LogP contribution in [0.15, 0.2) is 119 Å². The summed E-state index contributed by atoms with van der Waals surface area (Å²) >= 11 is 0. The number of rotatable bonds is 10. The van der Waals surface area contributed by atoms with Crippen LogP contribution in [-0.4, -0.2) is 13.8 Å². The number of nitrogens with zero attached hydrogens (tertiary/aromatic N) is 1. The summed E-state index contributed by atoms with van der Waals surface area (Å²) in [4.78, 5) is 2.53. The highest BCUT2D eigenvalue weighted by Gasteiger charge is 2.46. The highest BCUT2D eigenvalue weighted by Crippen LogP contribution is 2.57. The first kappa shape index (κ1) is 36.2. The molecule has 0 bridgehead atoms. The molecule has 0 aliphatic heterocycles. The Labute approximate surface area is 314 Å². The van der Waals surface area contributed by atoms with Crippen LogP contribution < -0.4 is 15.9 Å². The van der Waals surface area contributed by atoms with Crippen LogP contribution >= 0.6 is 0 Å². The molecule has 3 nitrogen and oxygen atoms in total. The lowest BCUT2D eigenvalue weighted by Crippen LogP contribution is -2.42. The minimum Gasteiger partial charge on any atom is -0.472 e. The normalized spacial score (nSPS) is 21.1.